The fourth-order valence-corrected chi connectivity index (χ4v) is 2.72. The van der Waals surface area contributed by atoms with Crippen molar-refractivity contribution in [3.05, 3.63) is 42.9 Å². The molecular weight excluding hydrogens is 220 g/mol. The van der Waals surface area contributed by atoms with Gasteiger partial charge in [0, 0.05) is 11.5 Å². The summed E-state index contributed by atoms with van der Waals surface area (Å²) >= 11 is 0. The molecule has 90 valence electrons. The van der Waals surface area contributed by atoms with Crippen molar-refractivity contribution in [1.82, 2.24) is 9.55 Å². The first kappa shape index (κ1) is 11.1. The van der Waals surface area contributed by atoms with E-state index in [1.165, 1.54) is 11.3 Å². The van der Waals surface area contributed by atoms with E-state index in [2.05, 4.69) is 46.7 Å². The lowest BCUT2D eigenvalue weighted by Gasteiger charge is -2.42. The monoisotopic (exact) mass is 236 g/mol. The van der Waals surface area contributed by atoms with Gasteiger partial charge >= 0.3 is 0 Å². The molecule has 2 heteroatoms. The molecule has 0 atom stereocenters. The molecule has 1 aliphatic carbocycles. The minimum Gasteiger partial charge on any atom is -0.327 e. The van der Waals surface area contributed by atoms with Crippen LogP contribution in [0.5, 0.6) is 0 Å². The molecule has 18 heavy (non-hydrogen) atoms. The van der Waals surface area contributed by atoms with E-state index in [1.54, 1.807) is 0 Å². The number of hydrogen-bond acceptors (Lipinski definition) is 1. The predicted octanol–water partition coefficient (Wildman–Crippen LogP) is 3.52. The second kappa shape index (κ2) is 4.03. The summed E-state index contributed by atoms with van der Waals surface area (Å²) < 4.78 is 2.26. The first-order valence-corrected chi connectivity index (χ1v) is 6.27. The minimum absolute atomic E-state index is 0.0723. The molecule has 1 aromatic heterocycles. The smallest absolute Gasteiger partial charge is 0.0953 e. The van der Waals surface area contributed by atoms with Gasteiger partial charge in [0.15, 0.2) is 0 Å². The topological polar surface area (TPSA) is 17.8 Å². The molecule has 0 saturated heterocycles. The average Bonchev–Trinajstić information content (AvgIpc) is 2.85. The minimum atomic E-state index is 0.0723. The van der Waals surface area contributed by atoms with Crippen LogP contribution in [0.4, 0.5) is 0 Å². The van der Waals surface area contributed by atoms with Crippen LogP contribution in [0.25, 0.3) is 11.3 Å². The Bertz CT molecular complexity index is 583. The van der Waals surface area contributed by atoms with Gasteiger partial charge in [-0.05, 0) is 25.3 Å². The van der Waals surface area contributed by atoms with Crippen LogP contribution in [0.1, 0.15) is 25.8 Å². The third kappa shape index (κ3) is 1.73. The van der Waals surface area contributed by atoms with Gasteiger partial charge in [-0.15, -0.1) is 12.3 Å². The average molecular weight is 236 g/mol. The third-order valence-electron chi connectivity index (χ3n) is 3.85. The second-order valence-electron chi connectivity index (χ2n) is 5.32. The zero-order chi connectivity index (χ0) is 12.6. The fraction of sp³-hybridized carbons (Fsp3) is 0.312. The number of imidazole rings is 1. The zero-order valence-electron chi connectivity index (χ0n) is 10.5. The summed E-state index contributed by atoms with van der Waals surface area (Å²) in [4.78, 5) is 4.29. The molecule has 0 bridgehead atoms. The van der Waals surface area contributed by atoms with E-state index >= 15 is 0 Å². The van der Waals surface area contributed by atoms with Gasteiger partial charge in [0.2, 0.25) is 0 Å². The SMILES string of the molecule is C#CC1(C)CC(n2cncc2-c2ccccc2)C1. The second-order valence-corrected chi connectivity index (χ2v) is 5.32. The van der Waals surface area contributed by atoms with Crippen LogP contribution in [0.3, 0.4) is 0 Å². The van der Waals surface area contributed by atoms with Gasteiger partial charge in [0.05, 0.1) is 18.2 Å². The molecule has 0 unspecified atom stereocenters. The van der Waals surface area contributed by atoms with Crippen molar-refractivity contribution < 1.29 is 0 Å². The maximum Gasteiger partial charge on any atom is 0.0953 e. The highest BCUT2D eigenvalue weighted by Crippen LogP contribution is 2.48. The molecule has 0 N–H and O–H groups in total. The molecule has 1 aromatic carbocycles. The van der Waals surface area contributed by atoms with E-state index in [4.69, 9.17) is 6.42 Å². The molecule has 1 aliphatic rings. The Balaban J connectivity index is 1.89. The van der Waals surface area contributed by atoms with Crippen molar-refractivity contribution in [2.24, 2.45) is 5.41 Å². The van der Waals surface area contributed by atoms with E-state index in [0.29, 0.717) is 6.04 Å². The quantitative estimate of drug-likeness (QED) is 0.729. The Morgan fingerprint density at radius 3 is 2.72 bits per heavy atom. The molecule has 3 rings (SSSR count). The predicted molar refractivity (Wildman–Crippen MR) is 72.9 cm³/mol. The fourth-order valence-electron chi connectivity index (χ4n) is 2.72. The lowest BCUT2D eigenvalue weighted by Crippen LogP contribution is -2.34. The van der Waals surface area contributed by atoms with Gasteiger partial charge < -0.3 is 4.57 Å². The van der Waals surface area contributed by atoms with E-state index in [9.17, 15) is 0 Å². The summed E-state index contributed by atoms with van der Waals surface area (Å²) in [6, 6.07) is 10.9. The molecule has 0 amide bonds. The highest BCUT2D eigenvalue weighted by atomic mass is 15.1. The number of terminal acetylenes is 1. The summed E-state index contributed by atoms with van der Waals surface area (Å²) in [6.07, 6.45) is 11.5. The van der Waals surface area contributed by atoms with Crippen molar-refractivity contribution in [2.45, 2.75) is 25.8 Å². The summed E-state index contributed by atoms with van der Waals surface area (Å²) in [6.45, 7) is 2.16. The lowest BCUT2D eigenvalue weighted by atomic mass is 9.67. The summed E-state index contributed by atoms with van der Waals surface area (Å²) in [5, 5.41) is 0. The summed E-state index contributed by atoms with van der Waals surface area (Å²) in [7, 11) is 0. The lowest BCUT2D eigenvalue weighted by molar-refractivity contribution is 0.148. The number of rotatable bonds is 2. The number of aromatic nitrogens is 2. The van der Waals surface area contributed by atoms with Crippen LogP contribution in [-0.4, -0.2) is 9.55 Å². The molecule has 0 aliphatic heterocycles. The highest BCUT2D eigenvalue weighted by Gasteiger charge is 2.40. The standard InChI is InChI=1S/C16H16N2/c1-3-16(2)9-14(10-16)18-12-17-11-15(18)13-7-5-4-6-8-13/h1,4-8,11-12,14H,9-10H2,2H3. The molecule has 1 heterocycles. The van der Waals surface area contributed by atoms with Crippen molar-refractivity contribution >= 4 is 0 Å². The van der Waals surface area contributed by atoms with Gasteiger partial charge in [-0.1, -0.05) is 30.3 Å². The Kier molecular flexibility index (Phi) is 2.48. The number of hydrogen-bond donors (Lipinski definition) is 0. The van der Waals surface area contributed by atoms with E-state index in [1.807, 2.05) is 18.6 Å². The van der Waals surface area contributed by atoms with Crippen LogP contribution in [0, 0.1) is 17.8 Å². The largest absolute Gasteiger partial charge is 0.327 e. The Morgan fingerprint density at radius 1 is 1.33 bits per heavy atom. The Labute approximate surface area is 108 Å². The maximum absolute atomic E-state index is 5.56. The van der Waals surface area contributed by atoms with Crippen LogP contribution in [-0.2, 0) is 0 Å². The van der Waals surface area contributed by atoms with Crippen molar-refractivity contribution in [2.75, 3.05) is 0 Å². The summed E-state index contributed by atoms with van der Waals surface area (Å²) in [5.74, 6) is 2.90. The van der Waals surface area contributed by atoms with Crippen LogP contribution >= 0.6 is 0 Å². The molecule has 1 saturated carbocycles. The number of benzene rings is 1. The molecule has 2 aromatic rings. The Hall–Kier alpha value is -2.01. The number of nitrogens with zero attached hydrogens (tertiary/aromatic N) is 2. The van der Waals surface area contributed by atoms with E-state index in [-0.39, 0.29) is 5.41 Å². The van der Waals surface area contributed by atoms with Gasteiger partial charge in [0.25, 0.3) is 0 Å². The van der Waals surface area contributed by atoms with Crippen LogP contribution in [0.2, 0.25) is 0 Å². The molecule has 0 spiro atoms. The van der Waals surface area contributed by atoms with Gasteiger partial charge in [-0.25, -0.2) is 4.98 Å². The van der Waals surface area contributed by atoms with Crippen molar-refractivity contribution in [1.29, 1.82) is 0 Å². The van der Waals surface area contributed by atoms with Crippen LogP contribution in [0.15, 0.2) is 42.9 Å². The maximum atomic E-state index is 5.56. The zero-order valence-corrected chi connectivity index (χ0v) is 10.5. The highest BCUT2D eigenvalue weighted by molar-refractivity contribution is 5.58. The third-order valence-corrected chi connectivity index (χ3v) is 3.85. The van der Waals surface area contributed by atoms with Crippen molar-refractivity contribution in [3.63, 3.8) is 0 Å². The van der Waals surface area contributed by atoms with Crippen LogP contribution < -0.4 is 0 Å². The molecule has 0 radical (unpaired) electrons. The van der Waals surface area contributed by atoms with Gasteiger partial charge in [0.1, 0.15) is 0 Å². The van der Waals surface area contributed by atoms with E-state index in [0.717, 1.165) is 12.8 Å². The normalized spacial score (nSPS) is 26.3. The first-order chi connectivity index (χ1) is 8.72. The van der Waals surface area contributed by atoms with Gasteiger partial charge in [-0.3, -0.25) is 0 Å². The van der Waals surface area contributed by atoms with Gasteiger partial charge in [-0.2, -0.15) is 0 Å². The first-order valence-electron chi connectivity index (χ1n) is 6.27. The Morgan fingerprint density at radius 2 is 2.06 bits per heavy atom. The molecule has 2 nitrogen and oxygen atoms in total. The van der Waals surface area contributed by atoms with Crippen molar-refractivity contribution in [3.8, 4) is 23.6 Å². The molecule has 1 fully saturated rings. The molecular formula is C16H16N2. The van der Waals surface area contributed by atoms with E-state index < -0.39 is 0 Å². The summed E-state index contributed by atoms with van der Waals surface area (Å²) in [5.41, 5.74) is 2.46.